The summed E-state index contributed by atoms with van der Waals surface area (Å²) < 4.78 is 0. The maximum absolute atomic E-state index is 12.3. The number of rotatable bonds is 3. The van der Waals surface area contributed by atoms with E-state index in [2.05, 4.69) is 5.32 Å². The van der Waals surface area contributed by atoms with E-state index in [1.54, 1.807) is 36.4 Å². The molecule has 0 saturated carbocycles. The van der Waals surface area contributed by atoms with Crippen LogP contribution in [0.4, 0.5) is 11.4 Å². The van der Waals surface area contributed by atoms with Crippen LogP contribution in [0.3, 0.4) is 0 Å². The van der Waals surface area contributed by atoms with E-state index in [0.717, 1.165) is 0 Å². The van der Waals surface area contributed by atoms with Gasteiger partial charge in [0, 0.05) is 37.3 Å². The van der Waals surface area contributed by atoms with E-state index in [0.29, 0.717) is 52.6 Å². The zero-order chi connectivity index (χ0) is 20.3. The summed E-state index contributed by atoms with van der Waals surface area (Å²) in [5.41, 5.74) is 0.831. The van der Waals surface area contributed by atoms with Crippen LogP contribution in [0.2, 0.25) is 10.0 Å². The number of carbonyl (C=O) groups is 1. The molecule has 146 valence electrons. The van der Waals surface area contributed by atoms with Gasteiger partial charge >= 0.3 is 0 Å². The number of anilines is 1. The lowest BCUT2D eigenvalue weighted by molar-refractivity contribution is -0.384. The van der Waals surface area contributed by atoms with Crippen molar-refractivity contribution in [3.05, 3.63) is 68.2 Å². The van der Waals surface area contributed by atoms with E-state index in [9.17, 15) is 14.9 Å². The van der Waals surface area contributed by atoms with E-state index in [-0.39, 0.29) is 11.6 Å². The smallest absolute Gasteiger partial charge is 0.294 e. The van der Waals surface area contributed by atoms with Crippen LogP contribution in [0, 0.1) is 10.1 Å². The maximum atomic E-state index is 12.3. The molecule has 0 atom stereocenters. The highest BCUT2D eigenvalue weighted by atomic mass is 35.5. The van der Waals surface area contributed by atoms with Gasteiger partial charge in [-0.05, 0) is 36.5 Å². The lowest BCUT2D eigenvalue weighted by Crippen LogP contribution is -2.52. The van der Waals surface area contributed by atoms with Crippen molar-refractivity contribution in [1.82, 2.24) is 10.2 Å². The number of carbonyl (C=O) groups excluding carboxylic acids is 1. The Labute approximate surface area is 177 Å². The summed E-state index contributed by atoms with van der Waals surface area (Å²) in [7, 11) is 0. The third-order valence-electron chi connectivity index (χ3n) is 4.38. The van der Waals surface area contributed by atoms with Gasteiger partial charge in [0.2, 0.25) is 0 Å². The van der Waals surface area contributed by atoms with Crippen molar-refractivity contribution in [3.63, 3.8) is 0 Å². The van der Waals surface area contributed by atoms with E-state index < -0.39 is 4.92 Å². The summed E-state index contributed by atoms with van der Waals surface area (Å²) in [6, 6.07) is 11.3. The van der Waals surface area contributed by atoms with Crippen LogP contribution in [0.25, 0.3) is 0 Å². The highest BCUT2D eigenvalue weighted by Gasteiger charge is 2.25. The average Bonchev–Trinajstić information content (AvgIpc) is 2.68. The molecule has 10 heteroatoms. The van der Waals surface area contributed by atoms with E-state index in [1.165, 1.54) is 6.07 Å². The van der Waals surface area contributed by atoms with Gasteiger partial charge in [0.25, 0.3) is 11.6 Å². The van der Waals surface area contributed by atoms with Gasteiger partial charge in [-0.1, -0.05) is 35.3 Å². The number of nitrogens with zero attached hydrogens (tertiary/aromatic N) is 3. The molecule has 1 aliphatic rings. The minimum absolute atomic E-state index is 0.0319. The number of amides is 1. The topological polar surface area (TPSA) is 78.7 Å². The van der Waals surface area contributed by atoms with Crippen molar-refractivity contribution in [2.75, 3.05) is 31.1 Å². The number of benzene rings is 2. The molecule has 0 bridgehead atoms. The molecule has 0 spiro atoms. The summed E-state index contributed by atoms with van der Waals surface area (Å²) in [5, 5.41) is 15.0. The van der Waals surface area contributed by atoms with Crippen LogP contribution in [0.1, 0.15) is 10.4 Å². The van der Waals surface area contributed by atoms with E-state index in [4.69, 9.17) is 35.4 Å². The Bertz CT molecular complexity index is 933. The third-order valence-corrected chi connectivity index (χ3v) is 5.31. The quantitative estimate of drug-likeness (QED) is 0.446. The maximum Gasteiger partial charge on any atom is 0.294 e. The highest BCUT2D eigenvalue weighted by molar-refractivity contribution is 7.80. The van der Waals surface area contributed by atoms with E-state index in [1.807, 2.05) is 9.80 Å². The Balaban J connectivity index is 1.63. The standard InChI is InChI=1S/C18H16Cl2N4O3S/c19-12-5-6-15(16(11-12)24(26)27)22-7-9-23(10-8-22)18(28)21-17(25)13-3-1-2-4-14(13)20/h1-6,11H,7-10H2,(H,21,25,28). The van der Waals surface area contributed by atoms with Gasteiger partial charge in [0.05, 0.1) is 15.5 Å². The summed E-state index contributed by atoms with van der Waals surface area (Å²) in [5.74, 6) is -0.369. The molecule has 1 amide bonds. The van der Waals surface area contributed by atoms with Gasteiger partial charge < -0.3 is 9.80 Å². The predicted molar refractivity (Wildman–Crippen MR) is 113 cm³/mol. The number of hydrogen-bond acceptors (Lipinski definition) is 5. The molecule has 2 aromatic rings. The molecule has 1 saturated heterocycles. The van der Waals surface area contributed by atoms with Crippen molar-refractivity contribution in [2.45, 2.75) is 0 Å². The second kappa shape index (κ2) is 8.72. The molecule has 1 aliphatic heterocycles. The number of thiocarbonyl (C=S) groups is 1. The summed E-state index contributed by atoms with van der Waals surface area (Å²) in [6.07, 6.45) is 0. The van der Waals surface area contributed by atoms with Crippen LogP contribution in [-0.2, 0) is 0 Å². The van der Waals surface area contributed by atoms with Gasteiger partial charge in [-0.3, -0.25) is 20.2 Å². The number of nitro benzene ring substituents is 1. The number of nitrogens with one attached hydrogen (secondary N) is 1. The van der Waals surface area contributed by atoms with Gasteiger partial charge in [0.15, 0.2) is 5.11 Å². The highest BCUT2D eigenvalue weighted by Crippen LogP contribution is 2.31. The molecule has 0 aromatic heterocycles. The Hall–Kier alpha value is -2.42. The largest absolute Gasteiger partial charge is 0.362 e. The van der Waals surface area contributed by atoms with Crippen molar-refractivity contribution >= 4 is 57.8 Å². The first-order valence-electron chi connectivity index (χ1n) is 8.40. The first-order chi connectivity index (χ1) is 13.4. The molecular weight excluding hydrogens is 423 g/mol. The van der Waals surface area contributed by atoms with Gasteiger partial charge in [0.1, 0.15) is 5.69 Å². The second-order valence-corrected chi connectivity index (χ2v) is 7.33. The molecular formula is C18H16Cl2N4O3S. The molecule has 2 aromatic carbocycles. The Kier molecular flexibility index (Phi) is 6.33. The Morgan fingerprint density at radius 1 is 1.11 bits per heavy atom. The fourth-order valence-corrected chi connectivity index (χ4v) is 3.61. The molecule has 28 heavy (non-hydrogen) atoms. The van der Waals surface area contributed by atoms with Crippen LogP contribution in [0.5, 0.6) is 0 Å². The van der Waals surface area contributed by atoms with Gasteiger partial charge in [-0.2, -0.15) is 0 Å². The first-order valence-corrected chi connectivity index (χ1v) is 9.57. The second-order valence-electron chi connectivity index (χ2n) is 6.10. The van der Waals surface area contributed by atoms with Crippen molar-refractivity contribution in [2.24, 2.45) is 0 Å². The van der Waals surface area contributed by atoms with Gasteiger partial charge in [-0.25, -0.2) is 0 Å². The molecule has 0 aliphatic carbocycles. The fraction of sp³-hybridized carbons (Fsp3) is 0.222. The molecule has 3 rings (SSSR count). The number of hydrogen-bond donors (Lipinski definition) is 1. The fourth-order valence-electron chi connectivity index (χ4n) is 2.95. The predicted octanol–water partition coefficient (Wildman–Crippen LogP) is 3.74. The zero-order valence-electron chi connectivity index (χ0n) is 14.6. The lowest BCUT2D eigenvalue weighted by atomic mass is 10.2. The molecule has 1 heterocycles. The third kappa shape index (κ3) is 4.52. The minimum atomic E-state index is -0.442. The lowest BCUT2D eigenvalue weighted by Gasteiger charge is -2.37. The summed E-state index contributed by atoms with van der Waals surface area (Å²) in [4.78, 5) is 27.0. The first kappa shape index (κ1) is 20.3. The molecule has 7 nitrogen and oxygen atoms in total. The molecule has 0 radical (unpaired) electrons. The molecule has 1 N–H and O–H groups in total. The van der Waals surface area contributed by atoms with Crippen molar-refractivity contribution < 1.29 is 9.72 Å². The van der Waals surface area contributed by atoms with Crippen LogP contribution >= 0.6 is 35.4 Å². The van der Waals surface area contributed by atoms with Crippen LogP contribution in [-0.4, -0.2) is 47.0 Å². The Morgan fingerprint density at radius 2 is 1.79 bits per heavy atom. The Morgan fingerprint density at radius 3 is 2.43 bits per heavy atom. The van der Waals surface area contributed by atoms with Crippen LogP contribution in [0.15, 0.2) is 42.5 Å². The molecule has 1 fully saturated rings. The normalized spacial score (nSPS) is 13.9. The monoisotopic (exact) mass is 438 g/mol. The van der Waals surface area contributed by atoms with Gasteiger partial charge in [-0.15, -0.1) is 0 Å². The zero-order valence-corrected chi connectivity index (χ0v) is 16.9. The average molecular weight is 439 g/mol. The number of halogens is 2. The van der Waals surface area contributed by atoms with Crippen molar-refractivity contribution in [3.8, 4) is 0 Å². The number of nitro groups is 1. The van der Waals surface area contributed by atoms with Crippen molar-refractivity contribution in [1.29, 1.82) is 0 Å². The van der Waals surface area contributed by atoms with E-state index >= 15 is 0 Å². The minimum Gasteiger partial charge on any atom is -0.362 e. The summed E-state index contributed by atoms with van der Waals surface area (Å²) >= 11 is 17.3. The SMILES string of the molecule is O=C(NC(=S)N1CCN(c2ccc(Cl)cc2[N+](=O)[O-])CC1)c1ccccc1Cl. The summed E-state index contributed by atoms with van der Waals surface area (Å²) in [6.45, 7) is 2.07. The molecule has 0 unspecified atom stereocenters. The van der Waals surface area contributed by atoms with Crippen LogP contribution < -0.4 is 10.2 Å². The number of piperazine rings is 1.